The average molecular weight is 663 g/mol. The SMILES string of the molecule is CC(C)C[C@@H](C(=O)OCC(Cl)(Cl)Cl)C(CCCc1ccccc1)C(=O)N(OCc1ccccc1)C(=O)OCc1ccccc1. The fourth-order valence-electron chi connectivity index (χ4n) is 4.71. The number of hydrogen-bond donors (Lipinski definition) is 0. The lowest BCUT2D eigenvalue weighted by atomic mass is 9.81. The molecule has 0 fully saturated rings. The molecule has 3 aromatic rings. The largest absolute Gasteiger partial charge is 0.461 e. The Hall–Kier alpha value is -3.10. The number of alkyl halides is 3. The number of aryl methyl sites for hydroxylation is 1. The molecular weight excluding hydrogens is 625 g/mol. The van der Waals surface area contributed by atoms with E-state index in [1.807, 2.05) is 92.7 Å². The van der Waals surface area contributed by atoms with Gasteiger partial charge in [-0.15, -0.1) is 5.06 Å². The van der Waals surface area contributed by atoms with E-state index in [4.69, 9.17) is 49.1 Å². The monoisotopic (exact) mass is 661 g/mol. The van der Waals surface area contributed by atoms with E-state index in [0.717, 1.165) is 16.7 Å². The minimum absolute atomic E-state index is 0.00783. The predicted molar refractivity (Wildman–Crippen MR) is 172 cm³/mol. The molecule has 1 unspecified atom stereocenters. The molecule has 0 heterocycles. The summed E-state index contributed by atoms with van der Waals surface area (Å²) >= 11 is 17.6. The van der Waals surface area contributed by atoms with Crippen molar-refractivity contribution < 1.29 is 28.7 Å². The molecule has 0 aliphatic heterocycles. The number of rotatable bonds is 15. The molecule has 0 N–H and O–H groups in total. The Kier molecular flexibility index (Phi) is 14.5. The first-order chi connectivity index (χ1) is 21.0. The molecule has 0 aliphatic carbocycles. The molecule has 3 rings (SSSR count). The fourth-order valence-corrected chi connectivity index (χ4v) is 4.87. The third-order valence-electron chi connectivity index (χ3n) is 6.81. The van der Waals surface area contributed by atoms with Crippen molar-refractivity contribution in [2.45, 2.75) is 56.5 Å². The number of carbonyl (C=O) groups excluding carboxylic acids is 3. The van der Waals surface area contributed by atoms with Crippen LogP contribution in [0.1, 0.15) is 49.8 Å². The summed E-state index contributed by atoms with van der Waals surface area (Å²) in [7, 11) is 0. The summed E-state index contributed by atoms with van der Waals surface area (Å²) in [6.07, 6.45) is 0.793. The molecule has 236 valence electrons. The number of benzene rings is 3. The average Bonchev–Trinajstić information content (AvgIpc) is 3.01. The zero-order valence-electron chi connectivity index (χ0n) is 24.9. The lowest BCUT2D eigenvalue weighted by Crippen LogP contribution is -2.45. The number of nitrogens with zero attached hydrogens (tertiary/aromatic N) is 1. The minimum Gasteiger partial charge on any atom is -0.461 e. The molecule has 0 saturated carbocycles. The second-order valence-electron chi connectivity index (χ2n) is 10.9. The summed E-state index contributed by atoms with van der Waals surface area (Å²) in [4.78, 5) is 47.0. The van der Waals surface area contributed by atoms with Gasteiger partial charge in [0, 0.05) is 0 Å². The second kappa shape index (κ2) is 18.0. The maximum Gasteiger partial charge on any atom is 0.441 e. The Morgan fingerprint density at radius 2 is 1.25 bits per heavy atom. The Morgan fingerprint density at radius 3 is 1.77 bits per heavy atom. The van der Waals surface area contributed by atoms with Gasteiger partial charge in [0.1, 0.15) is 19.8 Å². The van der Waals surface area contributed by atoms with Crippen LogP contribution in [0, 0.1) is 17.8 Å². The maximum absolute atomic E-state index is 14.3. The Balaban J connectivity index is 1.91. The number of carbonyl (C=O) groups is 3. The number of hydrogen-bond acceptors (Lipinski definition) is 6. The molecule has 7 nitrogen and oxygen atoms in total. The lowest BCUT2D eigenvalue weighted by Gasteiger charge is -2.30. The van der Waals surface area contributed by atoms with E-state index in [2.05, 4.69) is 0 Å². The van der Waals surface area contributed by atoms with Crippen LogP contribution in [-0.2, 0) is 43.5 Å². The highest BCUT2D eigenvalue weighted by atomic mass is 35.6. The summed E-state index contributed by atoms with van der Waals surface area (Å²) in [5.41, 5.74) is 2.56. The van der Waals surface area contributed by atoms with Gasteiger partial charge in [0.15, 0.2) is 0 Å². The van der Waals surface area contributed by atoms with Gasteiger partial charge in [0.05, 0.1) is 11.8 Å². The first kappa shape index (κ1) is 35.4. The highest BCUT2D eigenvalue weighted by molar-refractivity contribution is 6.67. The topological polar surface area (TPSA) is 82.1 Å². The number of ether oxygens (including phenoxy) is 2. The van der Waals surface area contributed by atoms with E-state index in [-0.39, 0.29) is 25.6 Å². The molecule has 10 heteroatoms. The Bertz CT molecular complexity index is 1300. The first-order valence-electron chi connectivity index (χ1n) is 14.5. The third kappa shape index (κ3) is 12.5. The zero-order chi connectivity index (χ0) is 32.0. The fraction of sp³-hybridized carbons (Fsp3) is 0.382. The molecule has 0 saturated heterocycles. The number of halogens is 3. The van der Waals surface area contributed by atoms with Crippen LogP contribution in [0.5, 0.6) is 0 Å². The quantitative estimate of drug-likeness (QED) is 0.0922. The normalized spacial score (nSPS) is 12.8. The number of esters is 1. The van der Waals surface area contributed by atoms with Gasteiger partial charge < -0.3 is 9.47 Å². The second-order valence-corrected chi connectivity index (χ2v) is 13.4. The molecule has 44 heavy (non-hydrogen) atoms. The Labute approximate surface area is 274 Å². The van der Waals surface area contributed by atoms with Gasteiger partial charge in [-0.1, -0.05) is 140 Å². The van der Waals surface area contributed by atoms with Crippen molar-refractivity contribution in [2.24, 2.45) is 17.8 Å². The standard InChI is InChI=1S/C34H38Cl3NO6/c1-25(2)21-30(32(40)43-24-34(35,36)37)29(20-12-19-26-13-6-3-7-14-26)31(39)38(44-23-28-17-10-5-11-18-28)33(41)42-22-27-15-8-4-9-16-27/h3-11,13-18,25,29-30H,12,19-24H2,1-2H3/t29?,30-/m1/s1. The van der Waals surface area contributed by atoms with Crippen LogP contribution in [0.15, 0.2) is 91.0 Å². The third-order valence-corrected chi connectivity index (χ3v) is 7.13. The van der Waals surface area contributed by atoms with E-state index < -0.39 is 40.2 Å². The van der Waals surface area contributed by atoms with Gasteiger partial charge in [-0.2, -0.15) is 0 Å². The first-order valence-corrected chi connectivity index (χ1v) is 15.7. The van der Waals surface area contributed by atoms with Gasteiger partial charge in [0.25, 0.3) is 5.91 Å². The van der Waals surface area contributed by atoms with Gasteiger partial charge in [-0.25, -0.2) is 4.79 Å². The predicted octanol–water partition coefficient (Wildman–Crippen LogP) is 8.50. The Morgan fingerprint density at radius 1 is 0.727 bits per heavy atom. The van der Waals surface area contributed by atoms with Crippen molar-refractivity contribution in [3.63, 3.8) is 0 Å². The van der Waals surface area contributed by atoms with Crippen LogP contribution >= 0.6 is 34.8 Å². The highest BCUT2D eigenvalue weighted by Crippen LogP contribution is 2.32. The smallest absolute Gasteiger partial charge is 0.441 e. The molecular formula is C34H38Cl3NO6. The van der Waals surface area contributed by atoms with E-state index in [9.17, 15) is 14.4 Å². The lowest BCUT2D eigenvalue weighted by molar-refractivity contribution is -0.188. The number of imide groups is 1. The van der Waals surface area contributed by atoms with E-state index in [1.54, 1.807) is 12.1 Å². The molecule has 0 radical (unpaired) electrons. The molecule has 0 aromatic heterocycles. The minimum atomic E-state index is -1.82. The maximum atomic E-state index is 14.3. The van der Waals surface area contributed by atoms with E-state index in [0.29, 0.717) is 24.3 Å². The summed E-state index contributed by atoms with van der Waals surface area (Å²) in [6, 6.07) is 28.0. The van der Waals surface area contributed by atoms with Crippen LogP contribution in [0.2, 0.25) is 0 Å². The van der Waals surface area contributed by atoms with Crippen molar-refractivity contribution in [2.75, 3.05) is 6.61 Å². The van der Waals surface area contributed by atoms with Crippen molar-refractivity contribution in [1.29, 1.82) is 0 Å². The van der Waals surface area contributed by atoms with Crippen molar-refractivity contribution >= 4 is 52.8 Å². The van der Waals surface area contributed by atoms with E-state index >= 15 is 0 Å². The molecule has 0 spiro atoms. The summed E-state index contributed by atoms with van der Waals surface area (Å²) in [6.45, 7) is 3.23. The summed E-state index contributed by atoms with van der Waals surface area (Å²) < 4.78 is 9.07. The summed E-state index contributed by atoms with van der Waals surface area (Å²) in [5, 5.41) is 0.638. The van der Waals surface area contributed by atoms with Crippen LogP contribution in [-0.4, -0.2) is 33.4 Å². The van der Waals surface area contributed by atoms with Crippen molar-refractivity contribution in [3.05, 3.63) is 108 Å². The summed E-state index contributed by atoms with van der Waals surface area (Å²) in [5.74, 6) is -3.31. The number of amides is 2. The molecule has 3 aromatic carbocycles. The van der Waals surface area contributed by atoms with Gasteiger partial charge in [-0.3, -0.25) is 14.4 Å². The van der Waals surface area contributed by atoms with Crippen LogP contribution in [0.4, 0.5) is 4.79 Å². The molecule has 0 bridgehead atoms. The van der Waals surface area contributed by atoms with Crippen LogP contribution in [0.3, 0.4) is 0 Å². The van der Waals surface area contributed by atoms with Crippen LogP contribution < -0.4 is 0 Å². The van der Waals surface area contributed by atoms with Crippen molar-refractivity contribution in [1.82, 2.24) is 5.06 Å². The van der Waals surface area contributed by atoms with E-state index in [1.165, 1.54) is 0 Å². The molecule has 2 atom stereocenters. The molecule has 2 amide bonds. The number of hydroxylamine groups is 2. The van der Waals surface area contributed by atoms with Crippen LogP contribution in [0.25, 0.3) is 0 Å². The zero-order valence-corrected chi connectivity index (χ0v) is 27.1. The van der Waals surface area contributed by atoms with Crippen molar-refractivity contribution in [3.8, 4) is 0 Å². The van der Waals surface area contributed by atoms with Gasteiger partial charge >= 0.3 is 12.1 Å². The van der Waals surface area contributed by atoms with Gasteiger partial charge in [-0.05, 0) is 48.3 Å². The van der Waals surface area contributed by atoms with Gasteiger partial charge in [0.2, 0.25) is 3.79 Å². The molecule has 0 aliphatic rings. The highest BCUT2D eigenvalue weighted by Gasteiger charge is 2.41.